The van der Waals surface area contributed by atoms with Gasteiger partial charge in [0, 0.05) is 28.5 Å². The van der Waals surface area contributed by atoms with Gasteiger partial charge in [-0.25, -0.2) is 4.79 Å². The second-order valence-corrected chi connectivity index (χ2v) is 4.56. The van der Waals surface area contributed by atoms with Crippen molar-refractivity contribution in [3.8, 4) is 11.1 Å². The van der Waals surface area contributed by atoms with E-state index >= 15 is 0 Å². The van der Waals surface area contributed by atoms with Crippen LogP contribution in [-0.2, 0) is 4.79 Å². The Morgan fingerprint density at radius 2 is 1.94 bits per heavy atom. The number of rotatable bonds is 3. The topological polar surface area (TPSA) is 50.2 Å². The molecule has 0 spiro atoms. The van der Waals surface area contributed by atoms with Gasteiger partial charge in [0.1, 0.15) is 0 Å². The van der Waals surface area contributed by atoms with Gasteiger partial charge >= 0.3 is 5.97 Å². The zero-order valence-electron chi connectivity index (χ0n) is 9.38. The Labute approximate surface area is 113 Å². The van der Waals surface area contributed by atoms with Crippen LogP contribution in [0.3, 0.4) is 0 Å². The first-order valence-corrected chi connectivity index (χ1v) is 6.07. The van der Waals surface area contributed by atoms with Gasteiger partial charge in [-0.2, -0.15) is 0 Å². The molecule has 0 amide bonds. The lowest BCUT2D eigenvalue weighted by Crippen LogP contribution is -1.88. The summed E-state index contributed by atoms with van der Waals surface area (Å²) >= 11 is 3.38. The number of hydrogen-bond acceptors (Lipinski definition) is 2. The number of aliphatic carboxylic acids is 1. The van der Waals surface area contributed by atoms with Crippen LogP contribution in [0.15, 0.2) is 53.3 Å². The second-order valence-electron chi connectivity index (χ2n) is 3.64. The van der Waals surface area contributed by atoms with Crippen molar-refractivity contribution in [3.05, 3.63) is 58.8 Å². The zero-order chi connectivity index (χ0) is 13.0. The molecule has 0 atom stereocenters. The van der Waals surface area contributed by atoms with E-state index in [2.05, 4.69) is 20.9 Å². The van der Waals surface area contributed by atoms with Gasteiger partial charge in [0.25, 0.3) is 0 Å². The van der Waals surface area contributed by atoms with Crippen LogP contribution in [0.4, 0.5) is 0 Å². The van der Waals surface area contributed by atoms with E-state index in [-0.39, 0.29) is 0 Å². The molecule has 0 fully saturated rings. The Bertz CT molecular complexity index is 591. The van der Waals surface area contributed by atoms with Crippen LogP contribution < -0.4 is 0 Å². The summed E-state index contributed by atoms with van der Waals surface area (Å²) in [5.74, 6) is -0.972. The van der Waals surface area contributed by atoms with Crippen LogP contribution in [0.2, 0.25) is 0 Å². The Morgan fingerprint density at radius 1 is 1.22 bits per heavy atom. The first-order valence-electron chi connectivity index (χ1n) is 5.28. The average Bonchev–Trinajstić information content (AvgIpc) is 2.38. The lowest BCUT2D eigenvalue weighted by molar-refractivity contribution is -0.131. The fourth-order valence-corrected chi connectivity index (χ4v) is 1.86. The molecule has 0 aliphatic rings. The Balaban J connectivity index is 2.44. The molecule has 1 aromatic heterocycles. The number of nitrogens with zero attached hydrogens (tertiary/aromatic N) is 1. The third kappa shape index (κ3) is 3.05. The smallest absolute Gasteiger partial charge is 0.328 e. The zero-order valence-corrected chi connectivity index (χ0v) is 11.0. The van der Waals surface area contributed by atoms with Crippen molar-refractivity contribution in [2.45, 2.75) is 0 Å². The van der Waals surface area contributed by atoms with Crippen LogP contribution in [0, 0.1) is 0 Å². The quantitative estimate of drug-likeness (QED) is 0.881. The summed E-state index contributed by atoms with van der Waals surface area (Å²) in [4.78, 5) is 14.6. The number of hydrogen-bond donors (Lipinski definition) is 1. The Morgan fingerprint density at radius 3 is 2.61 bits per heavy atom. The summed E-state index contributed by atoms with van der Waals surface area (Å²) in [6.45, 7) is 0. The number of benzene rings is 1. The largest absolute Gasteiger partial charge is 0.478 e. The lowest BCUT2D eigenvalue weighted by atomic mass is 10.0. The van der Waals surface area contributed by atoms with E-state index in [0.29, 0.717) is 0 Å². The first-order chi connectivity index (χ1) is 8.66. The van der Waals surface area contributed by atoms with E-state index < -0.39 is 5.97 Å². The van der Waals surface area contributed by atoms with Crippen LogP contribution in [-0.4, -0.2) is 16.1 Å². The predicted octanol–water partition coefficient (Wildman–Crippen LogP) is 3.61. The van der Waals surface area contributed by atoms with Crippen molar-refractivity contribution < 1.29 is 9.90 Å². The standard InChI is InChI=1S/C14H10BrNO2/c15-12-4-1-10(2-5-12)13-7-8-16-9-11(13)3-6-14(17)18/h1-9H,(H,17,18)/b6-3+. The predicted molar refractivity (Wildman–Crippen MR) is 74.0 cm³/mol. The number of carbonyl (C=O) groups is 1. The highest BCUT2D eigenvalue weighted by molar-refractivity contribution is 9.10. The molecular formula is C14H10BrNO2. The molecule has 0 unspecified atom stereocenters. The van der Waals surface area contributed by atoms with Crippen LogP contribution in [0.1, 0.15) is 5.56 Å². The number of halogens is 1. The van der Waals surface area contributed by atoms with Gasteiger partial charge in [-0.3, -0.25) is 4.98 Å². The molecule has 2 rings (SSSR count). The third-order valence-electron chi connectivity index (χ3n) is 2.41. The number of aromatic nitrogens is 1. The minimum atomic E-state index is -0.972. The minimum Gasteiger partial charge on any atom is -0.478 e. The van der Waals surface area contributed by atoms with E-state index in [1.807, 2.05) is 30.3 Å². The highest BCUT2D eigenvalue weighted by atomic mass is 79.9. The summed E-state index contributed by atoms with van der Waals surface area (Å²) in [6.07, 6.45) is 6.00. The van der Waals surface area contributed by atoms with Crippen LogP contribution >= 0.6 is 15.9 Å². The molecular weight excluding hydrogens is 294 g/mol. The molecule has 1 N–H and O–H groups in total. The fourth-order valence-electron chi connectivity index (χ4n) is 1.59. The Hall–Kier alpha value is -1.94. The van der Waals surface area contributed by atoms with E-state index in [0.717, 1.165) is 27.2 Å². The van der Waals surface area contributed by atoms with Gasteiger partial charge in [-0.15, -0.1) is 0 Å². The molecule has 1 aromatic carbocycles. The maximum absolute atomic E-state index is 10.6. The number of pyridine rings is 1. The van der Waals surface area contributed by atoms with Gasteiger partial charge in [-0.1, -0.05) is 28.1 Å². The monoisotopic (exact) mass is 303 g/mol. The summed E-state index contributed by atoms with van der Waals surface area (Å²) < 4.78 is 1.00. The lowest BCUT2D eigenvalue weighted by Gasteiger charge is -2.05. The molecule has 0 aliphatic carbocycles. The van der Waals surface area contributed by atoms with Crippen molar-refractivity contribution >= 4 is 28.0 Å². The molecule has 0 radical (unpaired) electrons. The average molecular weight is 304 g/mol. The highest BCUT2D eigenvalue weighted by Crippen LogP contribution is 2.25. The molecule has 4 heteroatoms. The molecule has 0 bridgehead atoms. The van der Waals surface area contributed by atoms with Crippen LogP contribution in [0.25, 0.3) is 17.2 Å². The summed E-state index contributed by atoms with van der Waals surface area (Å²) in [5.41, 5.74) is 2.75. The SMILES string of the molecule is O=C(O)/C=C/c1cnccc1-c1ccc(Br)cc1. The molecule has 3 nitrogen and oxygen atoms in total. The maximum Gasteiger partial charge on any atom is 0.328 e. The number of carboxylic acid groups (broad SMARTS) is 1. The summed E-state index contributed by atoms with van der Waals surface area (Å²) in [6, 6.07) is 9.70. The van der Waals surface area contributed by atoms with Crippen molar-refractivity contribution in [1.82, 2.24) is 4.98 Å². The molecule has 0 aliphatic heterocycles. The summed E-state index contributed by atoms with van der Waals surface area (Å²) in [7, 11) is 0. The van der Waals surface area contributed by atoms with E-state index in [4.69, 9.17) is 5.11 Å². The molecule has 18 heavy (non-hydrogen) atoms. The summed E-state index contributed by atoms with van der Waals surface area (Å²) in [5, 5.41) is 8.66. The van der Waals surface area contributed by atoms with Crippen LogP contribution in [0.5, 0.6) is 0 Å². The highest BCUT2D eigenvalue weighted by Gasteiger charge is 2.03. The van der Waals surface area contributed by atoms with E-state index in [9.17, 15) is 4.79 Å². The van der Waals surface area contributed by atoms with Crippen molar-refractivity contribution in [1.29, 1.82) is 0 Å². The Kier molecular flexibility index (Phi) is 3.89. The molecule has 90 valence electrons. The molecule has 2 aromatic rings. The van der Waals surface area contributed by atoms with Crippen molar-refractivity contribution in [2.75, 3.05) is 0 Å². The van der Waals surface area contributed by atoms with Gasteiger partial charge in [0.15, 0.2) is 0 Å². The van der Waals surface area contributed by atoms with E-state index in [1.54, 1.807) is 18.5 Å². The normalized spacial score (nSPS) is 10.7. The third-order valence-corrected chi connectivity index (χ3v) is 2.94. The minimum absolute atomic E-state index is 0.780. The van der Waals surface area contributed by atoms with Gasteiger partial charge in [0.05, 0.1) is 0 Å². The molecule has 0 saturated carbocycles. The molecule has 1 heterocycles. The molecule has 0 saturated heterocycles. The second kappa shape index (κ2) is 5.60. The van der Waals surface area contributed by atoms with Gasteiger partial charge in [-0.05, 0) is 35.4 Å². The number of carboxylic acids is 1. The maximum atomic E-state index is 10.6. The fraction of sp³-hybridized carbons (Fsp3) is 0. The first kappa shape index (κ1) is 12.5. The van der Waals surface area contributed by atoms with Crippen molar-refractivity contribution in [3.63, 3.8) is 0 Å². The van der Waals surface area contributed by atoms with Gasteiger partial charge in [0.2, 0.25) is 0 Å². The van der Waals surface area contributed by atoms with Crippen molar-refractivity contribution in [2.24, 2.45) is 0 Å². The van der Waals surface area contributed by atoms with Gasteiger partial charge < -0.3 is 5.11 Å². The van der Waals surface area contributed by atoms with E-state index in [1.165, 1.54) is 0 Å².